The zero-order valence-corrected chi connectivity index (χ0v) is 13.2. The summed E-state index contributed by atoms with van der Waals surface area (Å²) in [7, 11) is -2.05. The fourth-order valence-electron chi connectivity index (χ4n) is 2.21. The quantitative estimate of drug-likeness (QED) is 0.944. The maximum atomic E-state index is 12.6. The molecule has 0 saturated heterocycles. The van der Waals surface area contributed by atoms with Gasteiger partial charge in [0.1, 0.15) is 0 Å². The number of rotatable bonds is 4. The van der Waals surface area contributed by atoms with E-state index in [1.165, 1.54) is 16.4 Å². The van der Waals surface area contributed by atoms with Crippen molar-refractivity contribution in [3.8, 4) is 0 Å². The summed E-state index contributed by atoms with van der Waals surface area (Å²) in [5, 5.41) is 9.02. The van der Waals surface area contributed by atoms with Crippen molar-refractivity contribution in [3.05, 3.63) is 59.2 Å². The first kappa shape index (κ1) is 15.5. The van der Waals surface area contributed by atoms with Gasteiger partial charge in [-0.3, -0.25) is 4.31 Å². The van der Waals surface area contributed by atoms with Crippen LogP contribution in [-0.2, 0) is 16.6 Å². The van der Waals surface area contributed by atoms with Crippen LogP contribution in [0.2, 0.25) is 0 Å². The second kappa shape index (κ2) is 5.87. The van der Waals surface area contributed by atoms with Gasteiger partial charge >= 0.3 is 0 Å². The molecule has 2 aromatic rings. The van der Waals surface area contributed by atoms with Crippen LogP contribution in [0.5, 0.6) is 0 Å². The van der Waals surface area contributed by atoms with E-state index < -0.39 is 10.0 Å². The van der Waals surface area contributed by atoms with Crippen LogP contribution < -0.4 is 4.31 Å². The molecule has 112 valence electrons. The van der Waals surface area contributed by atoms with E-state index >= 15 is 0 Å². The number of hydrogen-bond donors (Lipinski definition) is 1. The molecular weight excluding hydrogens is 286 g/mol. The monoisotopic (exact) mass is 305 g/mol. The minimum absolute atomic E-state index is 0.104. The van der Waals surface area contributed by atoms with Gasteiger partial charge in [0.25, 0.3) is 10.0 Å². The van der Waals surface area contributed by atoms with Crippen LogP contribution in [0.15, 0.2) is 47.4 Å². The van der Waals surface area contributed by atoms with Gasteiger partial charge in [0.2, 0.25) is 0 Å². The summed E-state index contributed by atoms with van der Waals surface area (Å²) in [6.07, 6.45) is 0. The Hall–Kier alpha value is -1.85. The molecule has 5 heteroatoms. The van der Waals surface area contributed by atoms with Crippen molar-refractivity contribution < 1.29 is 13.5 Å². The van der Waals surface area contributed by atoms with Crippen molar-refractivity contribution in [2.75, 3.05) is 11.4 Å². The molecule has 0 amide bonds. The van der Waals surface area contributed by atoms with Gasteiger partial charge in [0.05, 0.1) is 17.2 Å². The highest BCUT2D eigenvalue weighted by molar-refractivity contribution is 7.92. The Morgan fingerprint density at radius 1 is 1.05 bits per heavy atom. The van der Waals surface area contributed by atoms with E-state index in [0.29, 0.717) is 11.3 Å². The fraction of sp³-hybridized carbons (Fsp3) is 0.250. The van der Waals surface area contributed by atoms with Crippen molar-refractivity contribution in [2.24, 2.45) is 0 Å². The summed E-state index contributed by atoms with van der Waals surface area (Å²) in [5.74, 6) is 0. The standard InChI is InChI=1S/C16H19NO3S/c1-12-4-9-16(13(2)10-12)17(3)21(19,20)15-7-5-14(11-18)6-8-15/h4-10,18H,11H2,1-3H3. The number of anilines is 1. The highest BCUT2D eigenvalue weighted by atomic mass is 32.2. The number of aryl methyl sites for hydroxylation is 2. The Kier molecular flexibility index (Phi) is 4.34. The molecule has 0 radical (unpaired) electrons. The molecule has 0 spiro atoms. The Bertz CT molecular complexity index is 737. The number of benzene rings is 2. The van der Waals surface area contributed by atoms with Crippen molar-refractivity contribution in [3.63, 3.8) is 0 Å². The molecule has 2 aromatic carbocycles. The average Bonchev–Trinajstić information content (AvgIpc) is 2.46. The van der Waals surface area contributed by atoms with Gasteiger partial charge in [-0.05, 0) is 43.2 Å². The number of aliphatic hydroxyl groups excluding tert-OH is 1. The van der Waals surface area contributed by atoms with Gasteiger partial charge < -0.3 is 5.11 Å². The molecule has 0 aliphatic heterocycles. The number of hydrogen-bond acceptors (Lipinski definition) is 3. The van der Waals surface area contributed by atoms with Crippen LogP contribution in [0.25, 0.3) is 0 Å². The Morgan fingerprint density at radius 2 is 1.67 bits per heavy atom. The molecule has 0 heterocycles. The molecular formula is C16H19NO3S. The van der Waals surface area contributed by atoms with Crippen LogP contribution in [0.3, 0.4) is 0 Å². The summed E-state index contributed by atoms with van der Waals surface area (Å²) in [6, 6.07) is 11.9. The van der Waals surface area contributed by atoms with Crippen LogP contribution in [0.4, 0.5) is 5.69 Å². The fourth-order valence-corrected chi connectivity index (χ4v) is 3.47. The molecule has 4 nitrogen and oxygen atoms in total. The first-order valence-electron chi connectivity index (χ1n) is 6.62. The first-order chi connectivity index (χ1) is 9.86. The minimum atomic E-state index is -3.60. The van der Waals surface area contributed by atoms with E-state index in [4.69, 9.17) is 5.11 Å². The highest BCUT2D eigenvalue weighted by Crippen LogP contribution is 2.26. The normalized spacial score (nSPS) is 11.4. The largest absolute Gasteiger partial charge is 0.392 e. The van der Waals surface area contributed by atoms with E-state index in [9.17, 15) is 8.42 Å². The molecule has 0 aliphatic carbocycles. The van der Waals surface area contributed by atoms with Crippen LogP contribution >= 0.6 is 0 Å². The van der Waals surface area contributed by atoms with Gasteiger partial charge in [-0.25, -0.2) is 8.42 Å². The molecule has 0 aromatic heterocycles. The summed E-state index contributed by atoms with van der Waals surface area (Å²) < 4.78 is 26.6. The van der Waals surface area contributed by atoms with Crippen LogP contribution in [0, 0.1) is 13.8 Å². The molecule has 21 heavy (non-hydrogen) atoms. The van der Waals surface area contributed by atoms with Gasteiger partial charge in [-0.15, -0.1) is 0 Å². The lowest BCUT2D eigenvalue weighted by Gasteiger charge is -2.21. The van der Waals surface area contributed by atoms with Gasteiger partial charge in [-0.2, -0.15) is 0 Å². The molecule has 0 unspecified atom stereocenters. The highest BCUT2D eigenvalue weighted by Gasteiger charge is 2.22. The van der Waals surface area contributed by atoms with E-state index in [1.807, 2.05) is 32.0 Å². The lowest BCUT2D eigenvalue weighted by Crippen LogP contribution is -2.27. The zero-order chi connectivity index (χ0) is 15.6. The Morgan fingerprint density at radius 3 is 2.19 bits per heavy atom. The van der Waals surface area contributed by atoms with Crippen molar-refractivity contribution in [2.45, 2.75) is 25.3 Å². The van der Waals surface area contributed by atoms with Gasteiger partial charge in [0, 0.05) is 7.05 Å². The minimum Gasteiger partial charge on any atom is -0.392 e. The van der Waals surface area contributed by atoms with E-state index in [0.717, 1.165) is 11.1 Å². The molecule has 0 bridgehead atoms. The third-order valence-electron chi connectivity index (χ3n) is 3.46. The predicted octanol–water partition coefficient (Wildman–Crippen LogP) is 2.62. The van der Waals surface area contributed by atoms with Crippen LogP contribution in [-0.4, -0.2) is 20.6 Å². The van der Waals surface area contributed by atoms with E-state index in [-0.39, 0.29) is 11.5 Å². The lowest BCUT2D eigenvalue weighted by atomic mass is 10.1. The summed E-state index contributed by atoms with van der Waals surface area (Å²) >= 11 is 0. The first-order valence-corrected chi connectivity index (χ1v) is 8.06. The summed E-state index contributed by atoms with van der Waals surface area (Å²) in [6.45, 7) is 3.76. The third kappa shape index (κ3) is 3.09. The second-order valence-corrected chi connectivity index (χ2v) is 7.03. The second-order valence-electron chi connectivity index (χ2n) is 5.06. The van der Waals surface area contributed by atoms with Crippen molar-refractivity contribution in [1.82, 2.24) is 0 Å². The Balaban J connectivity index is 2.42. The average molecular weight is 305 g/mol. The smallest absolute Gasteiger partial charge is 0.264 e. The maximum Gasteiger partial charge on any atom is 0.264 e. The topological polar surface area (TPSA) is 57.6 Å². The third-order valence-corrected chi connectivity index (χ3v) is 5.24. The van der Waals surface area contributed by atoms with Crippen molar-refractivity contribution >= 4 is 15.7 Å². The SMILES string of the molecule is Cc1ccc(N(C)S(=O)(=O)c2ccc(CO)cc2)c(C)c1. The molecule has 2 rings (SSSR count). The maximum absolute atomic E-state index is 12.6. The molecule has 0 atom stereocenters. The number of aliphatic hydroxyl groups is 1. The summed E-state index contributed by atoms with van der Waals surface area (Å²) in [5.41, 5.74) is 3.34. The number of nitrogens with zero attached hydrogens (tertiary/aromatic N) is 1. The van der Waals surface area contributed by atoms with Crippen LogP contribution in [0.1, 0.15) is 16.7 Å². The van der Waals surface area contributed by atoms with Gasteiger partial charge in [0.15, 0.2) is 0 Å². The zero-order valence-electron chi connectivity index (χ0n) is 12.4. The molecule has 1 N–H and O–H groups in total. The summed E-state index contributed by atoms with van der Waals surface area (Å²) in [4.78, 5) is 0.210. The molecule has 0 saturated carbocycles. The van der Waals surface area contributed by atoms with E-state index in [1.54, 1.807) is 19.2 Å². The molecule has 0 fully saturated rings. The lowest BCUT2D eigenvalue weighted by molar-refractivity contribution is 0.282. The molecule has 0 aliphatic rings. The predicted molar refractivity (Wildman–Crippen MR) is 83.9 cm³/mol. The van der Waals surface area contributed by atoms with Gasteiger partial charge in [-0.1, -0.05) is 29.8 Å². The Labute approximate surface area is 125 Å². The van der Waals surface area contributed by atoms with Crippen molar-refractivity contribution in [1.29, 1.82) is 0 Å². The number of sulfonamides is 1. The van der Waals surface area contributed by atoms with E-state index in [2.05, 4.69) is 0 Å².